The lowest BCUT2D eigenvalue weighted by atomic mass is 10.1. The molecule has 4 nitrogen and oxygen atoms in total. The van der Waals surface area contributed by atoms with Gasteiger partial charge in [0.25, 0.3) is 0 Å². The van der Waals surface area contributed by atoms with Crippen molar-refractivity contribution in [2.75, 3.05) is 5.32 Å². The first-order valence-corrected chi connectivity index (χ1v) is 6.07. The molecule has 0 saturated carbocycles. The van der Waals surface area contributed by atoms with Gasteiger partial charge in [0, 0.05) is 5.69 Å². The molecule has 1 heterocycles. The van der Waals surface area contributed by atoms with Gasteiger partial charge in [0.15, 0.2) is 11.6 Å². The zero-order chi connectivity index (χ0) is 14.7. The molecule has 0 fully saturated rings. The van der Waals surface area contributed by atoms with Crippen molar-refractivity contribution in [1.29, 1.82) is 0 Å². The highest BCUT2D eigenvalue weighted by atomic mass is 35.5. The highest BCUT2D eigenvalue weighted by Crippen LogP contribution is 2.12. The molecule has 2 aromatic rings. The Hall–Kier alpha value is -2.08. The minimum Gasteiger partial charge on any atom is -0.294 e. The third kappa shape index (κ3) is 3.71. The van der Waals surface area contributed by atoms with Crippen molar-refractivity contribution in [3.63, 3.8) is 0 Å². The van der Waals surface area contributed by atoms with Crippen LogP contribution in [0, 0.1) is 18.6 Å². The molecule has 1 aromatic heterocycles. The molecule has 0 aliphatic carbocycles. The van der Waals surface area contributed by atoms with E-state index < -0.39 is 17.5 Å². The van der Waals surface area contributed by atoms with Gasteiger partial charge in [0.05, 0.1) is 6.42 Å². The first-order valence-electron chi connectivity index (χ1n) is 5.69. The maximum atomic E-state index is 13.0. The van der Waals surface area contributed by atoms with Gasteiger partial charge in [-0.3, -0.25) is 10.1 Å². The number of amides is 1. The van der Waals surface area contributed by atoms with Gasteiger partial charge in [-0.15, -0.1) is 0 Å². The minimum absolute atomic E-state index is 0.0718. The van der Waals surface area contributed by atoms with E-state index in [1.54, 1.807) is 13.0 Å². The smallest absolute Gasteiger partial charge is 0.231 e. The van der Waals surface area contributed by atoms with Gasteiger partial charge in [-0.05, 0) is 30.7 Å². The van der Waals surface area contributed by atoms with Gasteiger partial charge in [0.2, 0.25) is 11.9 Å². The van der Waals surface area contributed by atoms with Crippen LogP contribution in [0.2, 0.25) is 5.15 Å². The van der Waals surface area contributed by atoms with Gasteiger partial charge in [-0.25, -0.2) is 18.7 Å². The molecule has 1 amide bonds. The van der Waals surface area contributed by atoms with E-state index in [0.29, 0.717) is 11.3 Å². The fourth-order valence-electron chi connectivity index (χ4n) is 1.59. The summed E-state index contributed by atoms with van der Waals surface area (Å²) in [5.41, 5.74) is 0.952. The monoisotopic (exact) mass is 297 g/mol. The van der Waals surface area contributed by atoms with Gasteiger partial charge in [0.1, 0.15) is 5.15 Å². The lowest BCUT2D eigenvalue weighted by Gasteiger charge is -2.05. The summed E-state index contributed by atoms with van der Waals surface area (Å²) in [4.78, 5) is 19.6. The summed E-state index contributed by atoms with van der Waals surface area (Å²) in [6.07, 6.45) is -0.119. The van der Waals surface area contributed by atoms with Crippen LogP contribution in [0.5, 0.6) is 0 Å². The highest BCUT2D eigenvalue weighted by Gasteiger charge is 2.09. The predicted molar refractivity (Wildman–Crippen MR) is 70.5 cm³/mol. The quantitative estimate of drug-likeness (QED) is 0.886. The van der Waals surface area contributed by atoms with E-state index in [2.05, 4.69) is 15.3 Å². The third-order valence-corrected chi connectivity index (χ3v) is 2.62. The number of nitrogens with one attached hydrogen (secondary N) is 1. The number of halogens is 3. The summed E-state index contributed by atoms with van der Waals surface area (Å²) in [5, 5.41) is 2.65. The molecule has 0 saturated heterocycles. The summed E-state index contributed by atoms with van der Waals surface area (Å²) in [7, 11) is 0. The van der Waals surface area contributed by atoms with Crippen molar-refractivity contribution < 1.29 is 13.6 Å². The lowest BCUT2D eigenvalue weighted by Crippen LogP contribution is -2.16. The molecule has 0 bridgehead atoms. The molecule has 2 rings (SSSR count). The van der Waals surface area contributed by atoms with Crippen LogP contribution in [0.1, 0.15) is 11.3 Å². The second kappa shape index (κ2) is 5.92. The number of hydrogen-bond donors (Lipinski definition) is 1. The summed E-state index contributed by atoms with van der Waals surface area (Å²) in [6, 6.07) is 4.83. The molecule has 104 valence electrons. The number of aryl methyl sites for hydroxylation is 1. The van der Waals surface area contributed by atoms with Crippen LogP contribution in [-0.4, -0.2) is 15.9 Å². The van der Waals surface area contributed by atoms with Crippen LogP contribution in [0.15, 0.2) is 24.3 Å². The number of benzene rings is 1. The normalized spacial score (nSPS) is 10.4. The Morgan fingerprint density at radius 1 is 1.25 bits per heavy atom. The molecule has 1 aromatic carbocycles. The van der Waals surface area contributed by atoms with Gasteiger partial charge >= 0.3 is 0 Å². The molecule has 1 N–H and O–H groups in total. The van der Waals surface area contributed by atoms with E-state index in [4.69, 9.17) is 11.6 Å². The van der Waals surface area contributed by atoms with Crippen molar-refractivity contribution in [2.45, 2.75) is 13.3 Å². The van der Waals surface area contributed by atoms with E-state index in [-0.39, 0.29) is 17.5 Å². The maximum Gasteiger partial charge on any atom is 0.231 e. The number of carbonyl (C=O) groups is 1. The van der Waals surface area contributed by atoms with Crippen LogP contribution in [-0.2, 0) is 11.2 Å². The lowest BCUT2D eigenvalue weighted by molar-refractivity contribution is -0.115. The van der Waals surface area contributed by atoms with Gasteiger partial charge in [-0.2, -0.15) is 0 Å². The number of nitrogens with zero attached hydrogens (tertiary/aromatic N) is 2. The van der Waals surface area contributed by atoms with Crippen molar-refractivity contribution in [3.05, 3.63) is 52.3 Å². The zero-order valence-electron chi connectivity index (χ0n) is 10.5. The summed E-state index contributed by atoms with van der Waals surface area (Å²) < 4.78 is 25.8. The van der Waals surface area contributed by atoms with Crippen molar-refractivity contribution in [3.8, 4) is 0 Å². The molecular weight excluding hydrogens is 288 g/mol. The molecule has 0 radical (unpaired) electrons. The Morgan fingerprint density at radius 3 is 2.65 bits per heavy atom. The standard InChI is InChI=1S/C13H10ClF2N3O/c1-7-4-11(14)18-13(17-7)19-12(20)6-8-2-3-9(15)10(16)5-8/h2-5H,6H2,1H3,(H,17,18,19,20). The summed E-state index contributed by atoms with van der Waals surface area (Å²) in [5.74, 6) is -2.33. The maximum absolute atomic E-state index is 13.0. The van der Waals surface area contributed by atoms with Crippen molar-refractivity contribution in [2.24, 2.45) is 0 Å². The van der Waals surface area contributed by atoms with Crippen LogP contribution in [0.4, 0.5) is 14.7 Å². The van der Waals surface area contributed by atoms with E-state index in [1.807, 2.05) is 0 Å². The summed E-state index contributed by atoms with van der Waals surface area (Å²) in [6.45, 7) is 1.71. The fraction of sp³-hybridized carbons (Fsp3) is 0.154. The molecule has 20 heavy (non-hydrogen) atoms. The number of rotatable bonds is 3. The highest BCUT2D eigenvalue weighted by molar-refractivity contribution is 6.29. The average Bonchev–Trinajstić information content (AvgIpc) is 2.32. The van der Waals surface area contributed by atoms with Crippen LogP contribution >= 0.6 is 11.6 Å². The molecule has 0 aliphatic rings. The SMILES string of the molecule is Cc1cc(Cl)nc(NC(=O)Cc2ccc(F)c(F)c2)n1. The fourth-order valence-corrected chi connectivity index (χ4v) is 1.83. The van der Waals surface area contributed by atoms with Crippen molar-refractivity contribution >= 4 is 23.5 Å². The Balaban J connectivity index is 2.06. The van der Waals surface area contributed by atoms with Crippen LogP contribution in [0.25, 0.3) is 0 Å². The molecule has 7 heteroatoms. The van der Waals surface area contributed by atoms with Crippen molar-refractivity contribution in [1.82, 2.24) is 9.97 Å². The van der Waals surface area contributed by atoms with E-state index in [9.17, 15) is 13.6 Å². The average molecular weight is 298 g/mol. The number of aromatic nitrogens is 2. The molecular formula is C13H10ClF2N3O. The minimum atomic E-state index is -0.995. The zero-order valence-corrected chi connectivity index (χ0v) is 11.2. The Kier molecular flexibility index (Phi) is 4.24. The first kappa shape index (κ1) is 14.3. The first-order chi connectivity index (χ1) is 9.44. The van der Waals surface area contributed by atoms with Crippen LogP contribution in [0.3, 0.4) is 0 Å². The number of hydrogen-bond acceptors (Lipinski definition) is 3. The molecule has 0 spiro atoms. The predicted octanol–water partition coefficient (Wildman–Crippen LogP) is 2.90. The number of carbonyl (C=O) groups excluding carboxylic acids is 1. The molecule has 0 unspecified atom stereocenters. The van der Waals surface area contributed by atoms with E-state index >= 15 is 0 Å². The Labute approximate surface area is 118 Å². The summed E-state index contributed by atoms with van der Waals surface area (Å²) >= 11 is 5.74. The van der Waals surface area contributed by atoms with Gasteiger partial charge in [-0.1, -0.05) is 17.7 Å². The second-order valence-electron chi connectivity index (χ2n) is 4.13. The molecule has 0 aliphatic heterocycles. The Bertz CT molecular complexity index is 644. The van der Waals surface area contributed by atoms with Gasteiger partial charge < -0.3 is 0 Å². The second-order valence-corrected chi connectivity index (χ2v) is 4.52. The Morgan fingerprint density at radius 2 is 2.00 bits per heavy atom. The largest absolute Gasteiger partial charge is 0.294 e. The third-order valence-electron chi connectivity index (χ3n) is 2.42. The topological polar surface area (TPSA) is 54.9 Å². The molecule has 0 atom stereocenters. The number of anilines is 1. The van der Waals surface area contributed by atoms with Crippen LogP contribution < -0.4 is 5.32 Å². The van der Waals surface area contributed by atoms with E-state index in [0.717, 1.165) is 12.1 Å². The van der Waals surface area contributed by atoms with E-state index in [1.165, 1.54) is 6.07 Å².